The first-order valence-electron chi connectivity index (χ1n) is 8.01. The summed E-state index contributed by atoms with van der Waals surface area (Å²) in [5.74, 6) is 2.70. The molecule has 0 saturated carbocycles. The number of unbranched alkanes of at least 4 members (excludes halogenated alkanes) is 1. The lowest BCUT2D eigenvalue weighted by Crippen LogP contribution is -2.39. The van der Waals surface area contributed by atoms with Crippen molar-refractivity contribution in [3.63, 3.8) is 0 Å². The second-order valence-corrected chi connectivity index (χ2v) is 7.71. The highest BCUT2D eigenvalue weighted by Crippen LogP contribution is 2.22. The van der Waals surface area contributed by atoms with Gasteiger partial charge in [0, 0.05) is 6.54 Å². The summed E-state index contributed by atoms with van der Waals surface area (Å²) in [6.07, 6.45) is 6.73. The quantitative estimate of drug-likeness (QED) is 0.663. The average molecular weight is 301 g/mol. The minimum atomic E-state index is 0.0410. The van der Waals surface area contributed by atoms with E-state index in [1.54, 1.807) is 0 Å². The zero-order valence-electron chi connectivity index (χ0n) is 13.8. The number of nitrogens with zero attached hydrogens (tertiary/aromatic N) is 1. The van der Waals surface area contributed by atoms with E-state index in [1.807, 2.05) is 11.8 Å². The fourth-order valence-corrected chi connectivity index (χ4v) is 3.32. The van der Waals surface area contributed by atoms with Gasteiger partial charge in [0.15, 0.2) is 0 Å². The van der Waals surface area contributed by atoms with E-state index in [1.165, 1.54) is 12.2 Å². The van der Waals surface area contributed by atoms with E-state index < -0.39 is 0 Å². The van der Waals surface area contributed by atoms with Gasteiger partial charge in [-0.25, -0.2) is 0 Å². The van der Waals surface area contributed by atoms with Gasteiger partial charge < -0.3 is 4.90 Å². The van der Waals surface area contributed by atoms with Crippen molar-refractivity contribution in [1.29, 1.82) is 0 Å². The molecule has 0 aromatic rings. The molecule has 1 fully saturated rings. The Morgan fingerprint density at radius 1 is 1.15 bits per heavy atom. The number of carbonyl (C=O) groups excluding carboxylic acids is 1. The lowest BCUT2D eigenvalue weighted by Gasteiger charge is -2.25. The van der Waals surface area contributed by atoms with E-state index in [0.29, 0.717) is 17.7 Å². The van der Waals surface area contributed by atoms with E-state index >= 15 is 0 Å². The Morgan fingerprint density at radius 2 is 1.80 bits per heavy atom. The molecule has 2 atom stereocenters. The minimum absolute atomic E-state index is 0.0410. The van der Waals surface area contributed by atoms with Crippen molar-refractivity contribution in [2.75, 3.05) is 18.6 Å². The van der Waals surface area contributed by atoms with Crippen molar-refractivity contribution < 1.29 is 4.79 Å². The Balaban J connectivity index is 2.57. The van der Waals surface area contributed by atoms with Crippen molar-refractivity contribution in [1.82, 2.24) is 10.2 Å². The third-order valence-electron chi connectivity index (χ3n) is 3.75. The highest BCUT2D eigenvalue weighted by atomic mass is 32.2. The molecule has 0 aromatic carbocycles. The molecule has 3 nitrogen and oxygen atoms in total. The first kappa shape index (κ1) is 17.8. The number of rotatable bonds is 9. The summed E-state index contributed by atoms with van der Waals surface area (Å²) >= 11 is 1.89. The number of carbonyl (C=O) groups is 1. The van der Waals surface area contributed by atoms with Gasteiger partial charge in [-0.15, -0.1) is 0 Å². The van der Waals surface area contributed by atoms with Crippen molar-refractivity contribution in [3.8, 4) is 0 Å². The third kappa shape index (κ3) is 5.65. The van der Waals surface area contributed by atoms with Gasteiger partial charge in [0.25, 0.3) is 0 Å². The smallest absolute Gasteiger partial charge is 0.241 e. The van der Waals surface area contributed by atoms with Crippen LogP contribution < -0.4 is 5.32 Å². The molecule has 1 heterocycles. The molecule has 0 aliphatic carbocycles. The van der Waals surface area contributed by atoms with Crippen molar-refractivity contribution in [3.05, 3.63) is 0 Å². The highest BCUT2D eigenvalue weighted by molar-refractivity contribution is 7.98. The second kappa shape index (κ2) is 8.93. The fourth-order valence-electron chi connectivity index (χ4n) is 2.82. The van der Waals surface area contributed by atoms with Crippen molar-refractivity contribution in [2.24, 2.45) is 11.8 Å². The van der Waals surface area contributed by atoms with E-state index in [2.05, 4.69) is 44.2 Å². The van der Waals surface area contributed by atoms with Gasteiger partial charge in [-0.1, -0.05) is 27.7 Å². The minimum Gasteiger partial charge on any atom is -0.326 e. The maximum atomic E-state index is 12.6. The average Bonchev–Trinajstić information content (AvgIpc) is 2.61. The van der Waals surface area contributed by atoms with Gasteiger partial charge >= 0.3 is 0 Å². The molecule has 1 N–H and O–H groups in total. The van der Waals surface area contributed by atoms with Crippen LogP contribution in [-0.4, -0.2) is 41.6 Å². The Kier molecular flexibility index (Phi) is 7.96. The van der Waals surface area contributed by atoms with Gasteiger partial charge in [0.2, 0.25) is 5.91 Å². The van der Waals surface area contributed by atoms with Crippen LogP contribution in [-0.2, 0) is 4.79 Å². The summed E-state index contributed by atoms with van der Waals surface area (Å²) in [5.41, 5.74) is 0. The van der Waals surface area contributed by atoms with E-state index in [4.69, 9.17) is 0 Å². The largest absolute Gasteiger partial charge is 0.326 e. The van der Waals surface area contributed by atoms with Crippen LogP contribution in [0.5, 0.6) is 0 Å². The van der Waals surface area contributed by atoms with Crippen LogP contribution in [0.3, 0.4) is 0 Å². The van der Waals surface area contributed by atoms with E-state index in [9.17, 15) is 4.79 Å². The van der Waals surface area contributed by atoms with E-state index in [-0.39, 0.29) is 12.2 Å². The zero-order chi connectivity index (χ0) is 15.1. The molecular weight excluding hydrogens is 268 g/mol. The topological polar surface area (TPSA) is 32.3 Å². The summed E-state index contributed by atoms with van der Waals surface area (Å²) in [5, 5.41) is 3.57. The van der Waals surface area contributed by atoms with E-state index in [0.717, 1.165) is 25.8 Å². The molecule has 1 aliphatic rings. The Bertz CT molecular complexity index is 294. The van der Waals surface area contributed by atoms with Crippen molar-refractivity contribution in [2.45, 2.75) is 65.6 Å². The number of hydrogen-bond acceptors (Lipinski definition) is 3. The molecule has 1 aliphatic heterocycles. The zero-order valence-corrected chi connectivity index (χ0v) is 14.6. The fraction of sp³-hybridized carbons (Fsp3) is 0.938. The molecule has 2 unspecified atom stereocenters. The summed E-state index contributed by atoms with van der Waals surface area (Å²) in [6, 6.07) is 0.0410. The Labute approximate surface area is 129 Å². The number of amides is 1. The normalized spacial score (nSPS) is 23.4. The molecule has 4 heteroatoms. The second-order valence-electron chi connectivity index (χ2n) is 6.73. The summed E-state index contributed by atoms with van der Waals surface area (Å²) < 4.78 is 0. The number of thioether (sulfide) groups is 1. The summed E-state index contributed by atoms with van der Waals surface area (Å²) in [6.45, 7) is 9.75. The Morgan fingerprint density at radius 3 is 2.35 bits per heavy atom. The lowest BCUT2D eigenvalue weighted by molar-refractivity contribution is -0.130. The van der Waals surface area contributed by atoms with Gasteiger partial charge in [-0.3, -0.25) is 10.1 Å². The molecule has 0 aromatic heterocycles. The molecule has 0 spiro atoms. The molecule has 118 valence electrons. The Hall–Kier alpha value is -0.220. The van der Waals surface area contributed by atoms with Gasteiger partial charge in [0.05, 0.1) is 12.2 Å². The van der Waals surface area contributed by atoms with Gasteiger partial charge in [-0.2, -0.15) is 11.8 Å². The molecule has 1 amide bonds. The van der Waals surface area contributed by atoms with Crippen LogP contribution in [0.15, 0.2) is 0 Å². The number of nitrogens with one attached hydrogen (secondary N) is 1. The van der Waals surface area contributed by atoms with Crippen LogP contribution in [0, 0.1) is 11.8 Å². The summed E-state index contributed by atoms with van der Waals surface area (Å²) in [7, 11) is 0. The molecule has 1 rings (SSSR count). The van der Waals surface area contributed by atoms with Crippen LogP contribution in [0.1, 0.15) is 53.4 Å². The lowest BCUT2D eigenvalue weighted by atomic mass is 10.0. The molecule has 1 saturated heterocycles. The number of hydrogen-bond donors (Lipinski definition) is 1. The van der Waals surface area contributed by atoms with Gasteiger partial charge in [-0.05, 0) is 49.5 Å². The predicted molar refractivity (Wildman–Crippen MR) is 89.0 cm³/mol. The monoisotopic (exact) mass is 300 g/mol. The van der Waals surface area contributed by atoms with Crippen LogP contribution >= 0.6 is 11.8 Å². The van der Waals surface area contributed by atoms with Crippen LogP contribution in [0.25, 0.3) is 0 Å². The molecular formula is C16H32N2OS. The highest BCUT2D eigenvalue weighted by Gasteiger charge is 2.38. The predicted octanol–water partition coefficient (Wildman–Crippen LogP) is 3.35. The molecule has 0 bridgehead atoms. The first-order valence-corrected chi connectivity index (χ1v) is 9.40. The maximum absolute atomic E-state index is 12.6. The summed E-state index contributed by atoms with van der Waals surface area (Å²) in [4.78, 5) is 14.7. The molecule has 0 radical (unpaired) electrons. The third-order valence-corrected chi connectivity index (χ3v) is 4.45. The van der Waals surface area contributed by atoms with Crippen molar-refractivity contribution >= 4 is 17.7 Å². The van der Waals surface area contributed by atoms with Crippen LogP contribution in [0.4, 0.5) is 0 Å². The SMILES string of the molecule is CSCCCCN1C(=O)C(CC(C)C)NC1CC(C)C. The van der Waals surface area contributed by atoms with Gasteiger partial charge in [0.1, 0.15) is 0 Å². The standard InChI is InChI=1S/C16H32N2OS/c1-12(2)10-14-16(19)18(8-6-7-9-20-5)15(17-14)11-13(3)4/h12-15,17H,6-11H2,1-5H3. The van der Waals surface area contributed by atoms with Crippen LogP contribution in [0.2, 0.25) is 0 Å². The maximum Gasteiger partial charge on any atom is 0.241 e. The first-order chi connectivity index (χ1) is 9.45. The molecule has 20 heavy (non-hydrogen) atoms.